The van der Waals surface area contributed by atoms with E-state index in [0.29, 0.717) is 35.6 Å². The van der Waals surface area contributed by atoms with Gasteiger partial charge in [0.2, 0.25) is 11.8 Å². The average molecular weight is 332 g/mol. The fourth-order valence-corrected chi connectivity index (χ4v) is 3.45. The Kier molecular flexibility index (Phi) is 3.90. The van der Waals surface area contributed by atoms with Gasteiger partial charge in [-0.1, -0.05) is 0 Å². The van der Waals surface area contributed by atoms with E-state index >= 15 is 0 Å². The minimum Gasteiger partial charge on any atom is -0.355 e. The van der Waals surface area contributed by atoms with Crippen LogP contribution < -0.4 is 5.32 Å². The molecule has 0 spiro atoms. The van der Waals surface area contributed by atoms with Gasteiger partial charge in [0.05, 0.1) is 24.3 Å². The molecule has 8 heteroatoms. The summed E-state index contributed by atoms with van der Waals surface area (Å²) < 4.78 is 0. The molecule has 1 aromatic rings. The molecule has 3 amide bonds. The van der Waals surface area contributed by atoms with Crippen LogP contribution in [0.15, 0.2) is 0 Å². The van der Waals surface area contributed by atoms with Crippen molar-refractivity contribution in [2.24, 2.45) is 0 Å². The van der Waals surface area contributed by atoms with Gasteiger partial charge in [-0.15, -0.1) is 0 Å². The van der Waals surface area contributed by atoms with E-state index in [0.717, 1.165) is 0 Å². The molecule has 8 nitrogen and oxygen atoms in total. The zero-order valence-electron chi connectivity index (χ0n) is 13.9. The van der Waals surface area contributed by atoms with Crippen molar-refractivity contribution in [3.63, 3.8) is 0 Å². The van der Waals surface area contributed by atoms with Crippen LogP contribution in [0.4, 0.5) is 0 Å². The number of nitrogens with zero attached hydrogens (tertiary/aromatic N) is 2. The Bertz CT molecular complexity index is 752. The minimum absolute atomic E-state index is 0.0152. The maximum absolute atomic E-state index is 12.9. The van der Waals surface area contributed by atoms with E-state index in [4.69, 9.17) is 0 Å². The Morgan fingerprint density at radius 1 is 1.17 bits per heavy atom. The zero-order valence-corrected chi connectivity index (χ0v) is 13.9. The number of fused-ring (bicyclic) bond motifs is 1. The monoisotopic (exact) mass is 332 g/mol. The lowest BCUT2D eigenvalue weighted by Crippen LogP contribution is -2.66. The number of hydrogen-bond donors (Lipinski definition) is 2. The van der Waals surface area contributed by atoms with E-state index in [1.165, 1.54) is 11.8 Å². The summed E-state index contributed by atoms with van der Waals surface area (Å²) in [4.78, 5) is 54.5. The number of ketones is 1. The lowest BCUT2D eigenvalue weighted by atomic mass is 10.0. The van der Waals surface area contributed by atoms with E-state index in [1.54, 1.807) is 18.7 Å². The number of piperazine rings is 2. The van der Waals surface area contributed by atoms with Gasteiger partial charge in [0.25, 0.3) is 5.91 Å². The SMILES string of the molecule is CC(=O)c1[nH]c(C)c(C(=O)N2CCN3C(=O)CNC(=O)[C@H]3C2)c1C. The van der Waals surface area contributed by atoms with Gasteiger partial charge >= 0.3 is 0 Å². The summed E-state index contributed by atoms with van der Waals surface area (Å²) in [7, 11) is 0. The van der Waals surface area contributed by atoms with Gasteiger partial charge in [0.15, 0.2) is 5.78 Å². The summed E-state index contributed by atoms with van der Waals surface area (Å²) in [5.74, 6) is -0.713. The number of carbonyl (C=O) groups excluding carboxylic acids is 4. The topological polar surface area (TPSA) is 103 Å². The fraction of sp³-hybridized carbons (Fsp3) is 0.500. The molecule has 24 heavy (non-hydrogen) atoms. The number of aromatic amines is 1. The number of H-pyrrole nitrogens is 1. The first-order valence-electron chi connectivity index (χ1n) is 7.87. The third kappa shape index (κ3) is 2.47. The number of nitrogens with one attached hydrogen (secondary N) is 2. The maximum Gasteiger partial charge on any atom is 0.256 e. The molecular weight excluding hydrogens is 312 g/mol. The highest BCUT2D eigenvalue weighted by Gasteiger charge is 2.40. The van der Waals surface area contributed by atoms with Crippen molar-refractivity contribution in [2.75, 3.05) is 26.2 Å². The molecule has 3 rings (SSSR count). The molecule has 2 N–H and O–H groups in total. The van der Waals surface area contributed by atoms with Crippen molar-refractivity contribution in [1.29, 1.82) is 0 Å². The highest BCUT2D eigenvalue weighted by atomic mass is 16.2. The second-order valence-corrected chi connectivity index (χ2v) is 6.25. The number of carbonyl (C=O) groups is 4. The van der Waals surface area contributed by atoms with E-state index in [2.05, 4.69) is 10.3 Å². The van der Waals surface area contributed by atoms with Crippen molar-refractivity contribution in [3.8, 4) is 0 Å². The summed E-state index contributed by atoms with van der Waals surface area (Å²) >= 11 is 0. The summed E-state index contributed by atoms with van der Waals surface area (Å²) in [5, 5.41) is 2.55. The van der Waals surface area contributed by atoms with Crippen LogP contribution in [0.25, 0.3) is 0 Å². The predicted octanol–water partition coefficient (Wildman–Crippen LogP) is -0.383. The molecule has 1 atom stereocenters. The van der Waals surface area contributed by atoms with E-state index in [-0.39, 0.29) is 36.6 Å². The molecule has 0 aliphatic carbocycles. The lowest BCUT2D eigenvalue weighted by molar-refractivity contribution is -0.148. The van der Waals surface area contributed by atoms with Crippen molar-refractivity contribution >= 4 is 23.5 Å². The molecule has 0 aromatic carbocycles. The van der Waals surface area contributed by atoms with Gasteiger partial charge in [-0.3, -0.25) is 19.2 Å². The third-order valence-corrected chi connectivity index (χ3v) is 4.71. The Morgan fingerprint density at radius 2 is 1.88 bits per heavy atom. The molecule has 0 unspecified atom stereocenters. The van der Waals surface area contributed by atoms with Crippen LogP contribution in [0.1, 0.15) is 39.0 Å². The number of aryl methyl sites for hydroxylation is 1. The second kappa shape index (κ2) is 5.77. The normalized spacial score (nSPS) is 20.7. The van der Waals surface area contributed by atoms with Gasteiger partial charge in [-0.25, -0.2) is 0 Å². The van der Waals surface area contributed by atoms with Gasteiger partial charge < -0.3 is 20.1 Å². The van der Waals surface area contributed by atoms with Crippen molar-refractivity contribution in [1.82, 2.24) is 20.1 Å². The first-order chi connectivity index (χ1) is 11.3. The van der Waals surface area contributed by atoms with Crippen LogP contribution >= 0.6 is 0 Å². The van der Waals surface area contributed by atoms with Crippen LogP contribution in [0.5, 0.6) is 0 Å². The van der Waals surface area contributed by atoms with Crippen LogP contribution in [0.3, 0.4) is 0 Å². The number of Topliss-reactive ketones (excluding diaryl/α,β-unsaturated/α-hetero) is 1. The quantitative estimate of drug-likeness (QED) is 0.721. The van der Waals surface area contributed by atoms with Crippen LogP contribution in [0.2, 0.25) is 0 Å². The zero-order chi connectivity index (χ0) is 17.6. The molecule has 2 saturated heterocycles. The van der Waals surface area contributed by atoms with E-state index < -0.39 is 6.04 Å². The van der Waals surface area contributed by atoms with Crippen LogP contribution in [-0.4, -0.2) is 70.5 Å². The largest absolute Gasteiger partial charge is 0.355 e. The van der Waals surface area contributed by atoms with E-state index in [1.807, 2.05) is 0 Å². The van der Waals surface area contributed by atoms with Crippen LogP contribution in [0, 0.1) is 13.8 Å². The molecule has 1 aromatic heterocycles. The van der Waals surface area contributed by atoms with Crippen molar-refractivity contribution < 1.29 is 19.2 Å². The average Bonchev–Trinajstić information content (AvgIpc) is 2.85. The molecule has 2 aliphatic rings. The summed E-state index contributed by atoms with van der Waals surface area (Å²) in [6.45, 7) is 5.82. The first-order valence-corrected chi connectivity index (χ1v) is 7.87. The van der Waals surface area contributed by atoms with Gasteiger partial charge in [-0.2, -0.15) is 0 Å². The molecule has 0 saturated carbocycles. The van der Waals surface area contributed by atoms with E-state index in [9.17, 15) is 19.2 Å². The van der Waals surface area contributed by atoms with Crippen molar-refractivity contribution in [2.45, 2.75) is 26.8 Å². The van der Waals surface area contributed by atoms with Crippen LogP contribution in [-0.2, 0) is 9.59 Å². The van der Waals surface area contributed by atoms with Gasteiger partial charge in [-0.05, 0) is 19.4 Å². The maximum atomic E-state index is 12.9. The Balaban J connectivity index is 1.86. The fourth-order valence-electron chi connectivity index (χ4n) is 3.45. The predicted molar refractivity (Wildman–Crippen MR) is 84.7 cm³/mol. The van der Waals surface area contributed by atoms with Crippen molar-refractivity contribution in [3.05, 3.63) is 22.5 Å². The molecule has 0 bridgehead atoms. The number of aromatic nitrogens is 1. The smallest absolute Gasteiger partial charge is 0.256 e. The molecule has 128 valence electrons. The van der Waals surface area contributed by atoms with Gasteiger partial charge in [0.1, 0.15) is 6.04 Å². The molecule has 3 heterocycles. The van der Waals surface area contributed by atoms with Gasteiger partial charge in [0, 0.05) is 25.7 Å². The highest BCUT2D eigenvalue weighted by Crippen LogP contribution is 2.22. The standard InChI is InChI=1S/C16H20N4O4/c1-8-13(9(2)18-14(8)10(3)21)16(24)19-4-5-20-11(7-19)15(23)17-6-12(20)22/h11,18H,4-7H2,1-3H3,(H,17,23)/t11-/m1/s1. The highest BCUT2D eigenvalue weighted by molar-refractivity contribution is 6.03. The minimum atomic E-state index is -0.643. The first kappa shape index (κ1) is 16.2. The lowest BCUT2D eigenvalue weighted by Gasteiger charge is -2.42. The molecule has 2 aliphatic heterocycles. The second-order valence-electron chi connectivity index (χ2n) is 6.25. The summed E-state index contributed by atoms with van der Waals surface area (Å²) in [6, 6.07) is -0.643. The number of rotatable bonds is 2. The third-order valence-electron chi connectivity index (χ3n) is 4.71. The molecular formula is C16H20N4O4. The Morgan fingerprint density at radius 3 is 2.50 bits per heavy atom. The number of amides is 3. The number of hydrogen-bond acceptors (Lipinski definition) is 4. The molecule has 0 radical (unpaired) electrons. The summed E-state index contributed by atoms with van der Waals surface area (Å²) in [5.41, 5.74) is 2.15. The Hall–Kier alpha value is -2.64. The molecule has 2 fully saturated rings. The Labute approximate surface area is 139 Å². The summed E-state index contributed by atoms with van der Waals surface area (Å²) in [6.07, 6.45) is 0.